The van der Waals surface area contributed by atoms with E-state index >= 15 is 0 Å². The Hall–Kier alpha value is -1.70. The average Bonchev–Trinajstić information content (AvgIpc) is 2.30. The molecule has 0 aliphatic heterocycles. The molecule has 2 rings (SSSR count). The third-order valence-corrected chi connectivity index (χ3v) is 2.45. The normalized spacial score (nSPS) is 10.7. The Morgan fingerprint density at radius 2 is 1.31 bits per heavy atom. The molecule has 82 valence electrons. The number of halogens is 2. The minimum absolute atomic E-state index is 0.172. The van der Waals surface area contributed by atoms with Crippen LogP contribution in [0.4, 0.5) is 8.78 Å². The van der Waals surface area contributed by atoms with Crippen molar-refractivity contribution < 1.29 is 8.78 Å². The van der Waals surface area contributed by atoms with Crippen molar-refractivity contribution in [2.75, 3.05) is 0 Å². The van der Waals surface area contributed by atoms with Gasteiger partial charge in [-0.3, -0.25) is 0 Å². The maximum absolute atomic E-state index is 12.1. The maximum Gasteiger partial charge on any atom is 0.242 e. The van der Waals surface area contributed by atoms with Crippen molar-refractivity contribution in [2.24, 2.45) is 0 Å². The zero-order valence-electron chi connectivity index (χ0n) is 8.74. The van der Waals surface area contributed by atoms with Crippen LogP contribution in [0.25, 0.3) is 11.1 Å². The van der Waals surface area contributed by atoms with Gasteiger partial charge < -0.3 is 0 Å². The van der Waals surface area contributed by atoms with Crippen molar-refractivity contribution in [3.05, 3.63) is 60.2 Å². The largest absolute Gasteiger partial charge is 0.242 e. The Labute approximate surface area is 93.5 Å². The van der Waals surface area contributed by atoms with Crippen molar-refractivity contribution in [1.82, 2.24) is 0 Å². The lowest BCUT2D eigenvalue weighted by Crippen LogP contribution is -1.95. The van der Waals surface area contributed by atoms with E-state index in [1.807, 2.05) is 42.5 Å². The van der Waals surface area contributed by atoms with Crippen molar-refractivity contribution in [3.8, 4) is 11.1 Å². The first-order chi connectivity index (χ1) is 7.75. The molecule has 0 heterocycles. The van der Waals surface area contributed by atoms with Crippen molar-refractivity contribution in [1.29, 1.82) is 0 Å². The molecule has 0 saturated heterocycles. The van der Waals surface area contributed by atoms with E-state index < -0.39 is 6.43 Å². The van der Waals surface area contributed by atoms with Crippen molar-refractivity contribution in [2.45, 2.75) is 12.8 Å². The highest BCUT2D eigenvalue weighted by atomic mass is 19.3. The summed E-state index contributed by atoms with van der Waals surface area (Å²) in [6.07, 6.45) is -2.45. The van der Waals surface area contributed by atoms with Gasteiger partial charge in [-0.15, -0.1) is 0 Å². The van der Waals surface area contributed by atoms with Gasteiger partial charge in [0.05, 0.1) is 0 Å². The zero-order valence-corrected chi connectivity index (χ0v) is 8.74. The van der Waals surface area contributed by atoms with E-state index in [0.29, 0.717) is 5.56 Å². The summed E-state index contributed by atoms with van der Waals surface area (Å²) in [7, 11) is 0. The van der Waals surface area contributed by atoms with E-state index in [4.69, 9.17) is 0 Å². The van der Waals surface area contributed by atoms with Gasteiger partial charge in [0, 0.05) is 6.42 Å². The summed E-state index contributed by atoms with van der Waals surface area (Å²) in [5.74, 6) is 0. The topological polar surface area (TPSA) is 0 Å². The number of hydrogen-bond acceptors (Lipinski definition) is 0. The first kappa shape index (κ1) is 10.8. The molecule has 2 heteroatoms. The Kier molecular flexibility index (Phi) is 3.30. The van der Waals surface area contributed by atoms with Crippen LogP contribution in [0.2, 0.25) is 0 Å². The molecule has 0 unspecified atom stereocenters. The minimum Gasteiger partial charge on any atom is -0.210 e. The first-order valence-corrected chi connectivity index (χ1v) is 5.18. The molecule has 0 aromatic heterocycles. The molecule has 0 aliphatic carbocycles. The second-order valence-electron chi connectivity index (χ2n) is 3.66. The predicted molar refractivity (Wildman–Crippen MR) is 61.6 cm³/mol. The van der Waals surface area contributed by atoms with Gasteiger partial charge in [0.25, 0.3) is 0 Å². The molecule has 2 aromatic carbocycles. The molecule has 0 amide bonds. The standard InChI is InChI=1S/C14H12F2/c15-14(16)10-11-6-8-13(9-7-11)12-4-2-1-3-5-12/h1-9,14H,10H2. The van der Waals surface area contributed by atoms with Gasteiger partial charge in [-0.2, -0.15) is 0 Å². The monoisotopic (exact) mass is 218 g/mol. The highest BCUT2D eigenvalue weighted by Gasteiger charge is 2.04. The van der Waals surface area contributed by atoms with Crippen LogP contribution in [0.5, 0.6) is 0 Å². The van der Waals surface area contributed by atoms with Crippen LogP contribution in [0, 0.1) is 0 Å². The molecule has 0 radical (unpaired) electrons. The van der Waals surface area contributed by atoms with Crippen LogP contribution in [0.3, 0.4) is 0 Å². The van der Waals surface area contributed by atoms with Crippen molar-refractivity contribution in [3.63, 3.8) is 0 Å². The van der Waals surface area contributed by atoms with Crippen LogP contribution < -0.4 is 0 Å². The van der Waals surface area contributed by atoms with E-state index in [2.05, 4.69) is 0 Å². The zero-order chi connectivity index (χ0) is 11.4. The van der Waals surface area contributed by atoms with Gasteiger partial charge >= 0.3 is 0 Å². The van der Waals surface area contributed by atoms with Crippen LogP contribution >= 0.6 is 0 Å². The SMILES string of the molecule is FC(F)Cc1ccc(-c2ccccc2)cc1. The van der Waals surface area contributed by atoms with Crippen LogP contribution in [-0.2, 0) is 6.42 Å². The average molecular weight is 218 g/mol. The maximum atomic E-state index is 12.1. The van der Waals surface area contributed by atoms with E-state index in [1.54, 1.807) is 12.1 Å². The summed E-state index contributed by atoms with van der Waals surface area (Å²) >= 11 is 0. The molecule has 0 atom stereocenters. The lowest BCUT2D eigenvalue weighted by molar-refractivity contribution is 0.149. The molecule has 2 aromatic rings. The second kappa shape index (κ2) is 4.88. The van der Waals surface area contributed by atoms with Crippen molar-refractivity contribution >= 4 is 0 Å². The van der Waals surface area contributed by atoms with E-state index in [9.17, 15) is 8.78 Å². The molecule has 0 N–H and O–H groups in total. The Morgan fingerprint density at radius 3 is 1.88 bits per heavy atom. The smallest absolute Gasteiger partial charge is 0.210 e. The van der Waals surface area contributed by atoms with Crippen LogP contribution in [0.1, 0.15) is 5.56 Å². The van der Waals surface area contributed by atoms with E-state index in [0.717, 1.165) is 11.1 Å². The quantitative estimate of drug-likeness (QED) is 0.725. The lowest BCUT2D eigenvalue weighted by atomic mass is 10.0. The predicted octanol–water partition coefficient (Wildman–Crippen LogP) is 4.16. The first-order valence-electron chi connectivity index (χ1n) is 5.18. The highest BCUT2D eigenvalue weighted by Crippen LogP contribution is 2.19. The van der Waals surface area contributed by atoms with Gasteiger partial charge in [0.2, 0.25) is 6.43 Å². The molecule has 16 heavy (non-hydrogen) atoms. The molecule has 0 spiro atoms. The van der Waals surface area contributed by atoms with Crippen LogP contribution in [-0.4, -0.2) is 6.43 Å². The molecular weight excluding hydrogens is 206 g/mol. The molecule has 0 nitrogen and oxygen atoms in total. The summed E-state index contributed by atoms with van der Waals surface area (Å²) in [4.78, 5) is 0. The fourth-order valence-corrected chi connectivity index (χ4v) is 1.64. The van der Waals surface area contributed by atoms with Gasteiger partial charge in [0.1, 0.15) is 0 Å². The van der Waals surface area contributed by atoms with E-state index in [1.165, 1.54) is 0 Å². The fourth-order valence-electron chi connectivity index (χ4n) is 1.64. The fraction of sp³-hybridized carbons (Fsp3) is 0.143. The lowest BCUT2D eigenvalue weighted by Gasteiger charge is -2.03. The summed E-state index contributed by atoms with van der Waals surface area (Å²) < 4.78 is 24.3. The number of alkyl halides is 2. The van der Waals surface area contributed by atoms with Gasteiger partial charge in [-0.05, 0) is 16.7 Å². The Bertz CT molecular complexity index is 432. The van der Waals surface area contributed by atoms with Gasteiger partial charge in [0.15, 0.2) is 0 Å². The molecule has 0 saturated carbocycles. The number of hydrogen-bond donors (Lipinski definition) is 0. The third kappa shape index (κ3) is 2.66. The Morgan fingerprint density at radius 1 is 0.750 bits per heavy atom. The summed E-state index contributed by atoms with van der Waals surface area (Å²) in [6.45, 7) is 0. The number of benzene rings is 2. The highest BCUT2D eigenvalue weighted by molar-refractivity contribution is 5.63. The minimum atomic E-state index is -2.28. The summed E-state index contributed by atoms with van der Waals surface area (Å²) in [5.41, 5.74) is 2.83. The molecular formula is C14H12F2. The third-order valence-electron chi connectivity index (χ3n) is 2.45. The molecule has 0 aliphatic rings. The van der Waals surface area contributed by atoms with Gasteiger partial charge in [-0.25, -0.2) is 8.78 Å². The number of rotatable bonds is 3. The Balaban J connectivity index is 2.20. The molecule has 0 bridgehead atoms. The second-order valence-corrected chi connectivity index (χ2v) is 3.66. The van der Waals surface area contributed by atoms with Gasteiger partial charge in [-0.1, -0.05) is 54.6 Å². The summed E-state index contributed by atoms with van der Waals surface area (Å²) in [6, 6.07) is 17.2. The van der Waals surface area contributed by atoms with E-state index in [-0.39, 0.29) is 6.42 Å². The summed E-state index contributed by atoms with van der Waals surface area (Å²) in [5, 5.41) is 0. The molecule has 0 fully saturated rings. The van der Waals surface area contributed by atoms with Crippen LogP contribution in [0.15, 0.2) is 54.6 Å².